The summed E-state index contributed by atoms with van der Waals surface area (Å²) < 4.78 is 5.18. The molecule has 15 heavy (non-hydrogen) atoms. The molecule has 0 amide bonds. The van der Waals surface area contributed by atoms with E-state index in [4.69, 9.17) is 4.74 Å². The van der Waals surface area contributed by atoms with E-state index in [9.17, 15) is 4.79 Å². The Bertz CT molecular complexity index is 555. The Hall–Kier alpha value is -1.83. The number of ether oxygens (including phenoxy) is 1. The summed E-state index contributed by atoms with van der Waals surface area (Å²) in [4.78, 5) is 11.2. The first kappa shape index (κ1) is 7.46. The fourth-order valence-corrected chi connectivity index (χ4v) is 2.80. The van der Waals surface area contributed by atoms with Crippen LogP contribution in [0.25, 0.3) is 0 Å². The van der Waals surface area contributed by atoms with Gasteiger partial charge in [0.2, 0.25) is 0 Å². The summed E-state index contributed by atoms with van der Waals surface area (Å²) in [5.74, 6) is 0.501. The van der Waals surface area contributed by atoms with Crippen molar-refractivity contribution in [3.8, 4) is 0 Å². The highest BCUT2D eigenvalue weighted by Gasteiger charge is 2.44. The van der Waals surface area contributed by atoms with Crippen molar-refractivity contribution in [3.05, 3.63) is 58.9 Å². The van der Waals surface area contributed by atoms with Crippen LogP contribution in [0.3, 0.4) is 0 Å². The molecule has 0 fully saturated rings. The summed E-state index contributed by atoms with van der Waals surface area (Å²) in [6.07, 6.45) is 13.2. The molecule has 72 valence electrons. The number of allylic oxidation sites excluding steroid dienone is 7. The number of hydrogen-bond acceptors (Lipinski definition) is 2. The topological polar surface area (TPSA) is 26.3 Å². The van der Waals surface area contributed by atoms with Crippen LogP contribution in [0.15, 0.2) is 58.9 Å². The maximum atomic E-state index is 11.2. The van der Waals surface area contributed by atoms with E-state index in [0.717, 1.165) is 17.8 Å². The Balaban J connectivity index is 2.02. The van der Waals surface area contributed by atoms with E-state index >= 15 is 0 Å². The van der Waals surface area contributed by atoms with E-state index in [-0.39, 0.29) is 11.4 Å². The van der Waals surface area contributed by atoms with Crippen molar-refractivity contribution >= 4 is 5.97 Å². The Labute approximate surface area is 86.9 Å². The Morgan fingerprint density at radius 1 is 1.33 bits per heavy atom. The minimum atomic E-state index is -0.242. The lowest BCUT2D eigenvalue weighted by molar-refractivity contribution is -0.132. The molecule has 1 heterocycles. The number of hydrogen-bond donors (Lipinski definition) is 0. The van der Waals surface area contributed by atoms with Gasteiger partial charge in [-0.15, -0.1) is 0 Å². The van der Waals surface area contributed by atoms with Gasteiger partial charge in [0.1, 0.15) is 5.76 Å². The SMILES string of the molecule is O=C1C=C2C3=CC4=CC=CC4(C=C2O1)C3. The molecule has 4 rings (SSSR count). The van der Waals surface area contributed by atoms with Crippen molar-refractivity contribution in [3.63, 3.8) is 0 Å². The average Bonchev–Trinajstić information content (AvgIpc) is 2.77. The second-order valence-corrected chi connectivity index (χ2v) is 4.36. The molecule has 0 aromatic heterocycles. The molecule has 0 saturated carbocycles. The van der Waals surface area contributed by atoms with E-state index in [2.05, 4.69) is 30.4 Å². The number of fused-ring (bicyclic) bond motifs is 3. The molecule has 0 radical (unpaired) electrons. The quantitative estimate of drug-likeness (QED) is 0.555. The molecule has 3 aliphatic carbocycles. The van der Waals surface area contributed by atoms with E-state index in [1.807, 2.05) is 0 Å². The molecule has 0 saturated heterocycles. The highest BCUT2D eigenvalue weighted by Crippen LogP contribution is 2.55. The molecular weight excluding hydrogens is 188 g/mol. The Morgan fingerprint density at radius 3 is 3.20 bits per heavy atom. The first-order chi connectivity index (χ1) is 7.27. The fraction of sp³-hybridized carbons (Fsp3) is 0.154. The molecule has 2 bridgehead atoms. The third-order valence-corrected chi connectivity index (χ3v) is 3.49. The lowest BCUT2D eigenvalue weighted by atomic mass is 9.78. The summed E-state index contributed by atoms with van der Waals surface area (Å²) in [6.45, 7) is 0. The van der Waals surface area contributed by atoms with Crippen molar-refractivity contribution < 1.29 is 9.53 Å². The van der Waals surface area contributed by atoms with E-state index in [1.165, 1.54) is 11.1 Å². The van der Waals surface area contributed by atoms with Crippen molar-refractivity contribution in [1.29, 1.82) is 0 Å². The molecule has 4 aliphatic rings. The monoisotopic (exact) mass is 196 g/mol. The van der Waals surface area contributed by atoms with Crippen LogP contribution in [0.2, 0.25) is 0 Å². The van der Waals surface area contributed by atoms with Gasteiger partial charge in [-0.1, -0.05) is 24.3 Å². The molecule has 1 spiro atoms. The molecule has 0 aromatic carbocycles. The van der Waals surface area contributed by atoms with Gasteiger partial charge in [-0.3, -0.25) is 0 Å². The van der Waals surface area contributed by atoms with E-state index in [0.29, 0.717) is 0 Å². The number of rotatable bonds is 0. The Kier molecular flexibility index (Phi) is 1.02. The van der Waals surface area contributed by atoms with Gasteiger partial charge >= 0.3 is 5.97 Å². The van der Waals surface area contributed by atoms with Gasteiger partial charge < -0.3 is 4.74 Å². The minimum Gasteiger partial charge on any atom is -0.423 e. The van der Waals surface area contributed by atoms with Crippen molar-refractivity contribution in [2.24, 2.45) is 5.41 Å². The van der Waals surface area contributed by atoms with Gasteiger partial charge in [-0.2, -0.15) is 0 Å². The molecule has 1 aliphatic heterocycles. The molecule has 0 N–H and O–H groups in total. The summed E-state index contributed by atoms with van der Waals surface area (Å²) in [6, 6.07) is 0. The van der Waals surface area contributed by atoms with Crippen LogP contribution in [0.1, 0.15) is 6.42 Å². The Morgan fingerprint density at radius 2 is 2.27 bits per heavy atom. The third kappa shape index (κ3) is 0.743. The van der Waals surface area contributed by atoms with E-state index < -0.39 is 0 Å². The summed E-state index contributed by atoms with van der Waals surface area (Å²) >= 11 is 0. The zero-order chi connectivity index (χ0) is 10.0. The van der Waals surface area contributed by atoms with E-state index in [1.54, 1.807) is 6.08 Å². The highest BCUT2D eigenvalue weighted by atomic mass is 16.5. The zero-order valence-electron chi connectivity index (χ0n) is 7.99. The predicted octanol–water partition coefficient (Wildman–Crippen LogP) is 2.18. The summed E-state index contributed by atoms with van der Waals surface area (Å²) in [5, 5.41) is 0. The fourth-order valence-electron chi connectivity index (χ4n) is 2.80. The van der Waals surface area contributed by atoms with Crippen LogP contribution in [0.4, 0.5) is 0 Å². The van der Waals surface area contributed by atoms with Gasteiger partial charge in [-0.25, -0.2) is 4.79 Å². The zero-order valence-corrected chi connectivity index (χ0v) is 7.99. The molecule has 2 nitrogen and oxygen atoms in total. The average molecular weight is 196 g/mol. The second kappa shape index (κ2) is 2.06. The van der Waals surface area contributed by atoms with Gasteiger partial charge in [0.15, 0.2) is 0 Å². The minimum absolute atomic E-state index is 0.00731. The van der Waals surface area contributed by atoms with Crippen LogP contribution in [-0.2, 0) is 9.53 Å². The third-order valence-electron chi connectivity index (χ3n) is 3.49. The van der Waals surface area contributed by atoms with Crippen LogP contribution in [0.5, 0.6) is 0 Å². The first-order valence-electron chi connectivity index (χ1n) is 5.05. The molecule has 1 atom stereocenters. The standard InChI is InChI=1S/C13H8O2/c14-12-5-10-8-4-9-2-1-3-13(9,6-8)7-11(10)15-12/h1-5,7H,6H2. The molecular formula is C13H8O2. The summed E-state index contributed by atoms with van der Waals surface area (Å²) in [5.41, 5.74) is 3.52. The van der Waals surface area contributed by atoms with Gasteiger partial charge in [0, 0.05) is 17.1 Å². The van der Waals surface area contributed by atoms with Crippen LogP contribution < -0.4 is 0 Å². The highest BCUT2D eigenvalue weighted by molar-refractivity contribution is 5.91. The number of esters is 1. The smallest absolute Gasteiger partial charge is 0.336 e. The van der Waals surface area contributed by atoms with Gasteiger partial charge in [0.05, 0.1) is 0 Å². The molecule has 2 heteroatoms. The molecule has 1 unspecified atom stereocenters. The van der Waals surface area contributed by atoms with Gasteiger partial charge in [0.25, 0.3) is 0 Å². The van der Waals surface area contributed by atoms with Gasteiger partial charge in [-0.05, 0) is 23.6 Å². The number of carbonyl (C=O) groups is 1. The van der Waals surface area contributed by atoms with Crippen molar-refractivity contribution in [2.45, 2.75) is 6.42 Å². The van der Waals surface area contributed by atoms with Crippen LogP contribution in [-0.4, -0.2) is 5.97 Å². The largest absolute Gasteiger partial charge is 0.423 e. The summed E-state index contributed by atoms with van der Waals surface area (Å²) in [7, 11) is 0. The molecule has 0 aromatic rings. The maximum absolute atomic E-state index is 11.2. The maximum Gasteiger partial charge on any atom is 0.336 e. The lowest BCUT2D eigenvalue weighted by Crippen LogP contribution is -2.16. The lowest BCUT2D eigenvalue weighted by Gasteiger charge is -2.25. The first-order valence-corrected chi connectivity index (χ1v) is 5.05. The predicted molar refractivity (Wildman–Crippen MR) is 54.6 cm³/mol. The normalized spacial score (nSPS) is 34.0. The van der Waals surface area contributed by atoms with Crippen LogP contribution in [0, 0.1) is 5.41 Å². The number of carbonyl (C=O) groups excluding carboxylic acids is 1. The van der Waals surface area contributed by atoms with Crippen molar-refractivity contribution in [2.75, 3.05) is 0 Å². The van der Waals surface area contributed by atoms with Crippen LogP contribution >= 0.6 is 0 Å². The second-order valence-electron chi connectivity index (χ2n) is 4.36. The van der Waals surface area contributed by atoms with Crippen molar-refractivity contribution in [1.82, 2.24) is 0 Å².